The van der Waals surface area contributed by atoms with Gasteiger partial charge in [0, 0.05) is 28.6 Å². The van der Waals surface area contributed by atoms with Crippen LogP contribution in [0.4, 0.5) is 16.2 Å². The zero-order chi connectivity index (χ0) is 21.8. The molecule has 0 aliphatic rings. The quantitative estimate of drug-likeness (QED) is 0.378. The molecule has 0 spiro atoms. The van der Waals surface area contributed by atoms with E-state index < -0.39 is 0 Å². The summed E-state index contributed by atoms with van der Waals surface area (Å²) in [6.07, 6.45) is 3.34. The van der Waals surface area contributed by atoms with Crippen molar-refractivity contribution in [3.05, 3.63) is 94.4 Å². The van der Waals surface area contributed by atoms with Crippen molar-refractivity contribution < 1.29 is 9.59 Å². The second kappa shape index (κ2) is 9.01. The van der Waals surface area contributed by atoms with Crippen LogP contribution in [0.15, 0.2) is 77.5 Å². The van der Waals surface area contributed by atoms with Crippen molar-refractivity contribution in [1.29, 1.82) is 0 Å². The van der Waals surface area contributed by atoms with Crippen LogP contribution in [0.3, 0.4) is 0 Å². The summed E-state index contributed by atoms with van der Waals surface area (Å²) in [4.78, 5) is 29.2. The summed E-state index contributed by atoms with van der Waals surface area (Å²) in [5.74, 6) is -0.259. The molecule has 156 valence electrons. The molecule has 7 nitrogen and oxygen atoms in total. The zero-order valence-corrected chi connectivity index (χ0v) is 18.3. The van der Waals surface area contributed by atoms with Gasteiger partial charge in [0.1, 0.15) is 11.3 Å². The standard InChI is InChI=1S/C23H20BrN5O2/c1-15-7-8-16(13-26-23(31)27-18-5-3-2-4-6-18)11-19(15)28-22(30)20-14-25-21-12-17(24)9-10-29(20)21/h2-12,14H,13H2,1H3,(H,28,30)(H2,26,27,31). The molecule has 2 aromatic heterocycles. The minimum atomic E-state index is -0.297. The molecular formula is C23H20BrN5O2. The Morgan fingerprint density at radius 2 is 1.84 bits per heavy atom. The van der Waals surface area contributed by atoms with Crippen molar-refractivity contribution in [2.75, 3.05) is 10.6 Å². The average Bonchev–Trinajstić information content (AvgIpc) is 3.18. The minimum Gasteiger partial charge on any atom is -0.334 e. The molecule has 31 heavy (non-hydrogen) atoms. The lowest BCUT2D eigenvalue weighted by Gasteiger charge is -2.12. The lowest BCUT2D eigenvalue weighted by molar-refractivity contribution is 0.102. The van der Waals surface area contributed by atoms with Gasteiger partial charge in [-0.2, -0.15) is 0 Å². The third kappa shape index (κ3) is 4.92. The second-order valence-electron chi connectivity index (χ2n) is 6.99. The molecule has 3 N–H and O–H groups in total. The molecule has 4 aromatic rings. The van der Waals surface area contributed by atoms with Crippen LogP contribution in [0.25, 0.3) is 5.65 Å². The van der Waals surface area contributed by atoms with Gasteiger partial charge in [-0.25, -0.2) is 9.78 Å². The van der Waals surface area contributed by atoms with Crippen LogP contribution in [0.5, 0.6) is 0 Å². The second-order valence-corrected chi connectivity index (χ2v) is 7.91. The van der Waals surface area contributed by atoms with Crippen LogP contribution in [0, 0.1) is 6.92 Å². The molecule has 4 rings (SSSR count). The number of pyridine rings is 1. The van der Waals surface area contributed by atoms with E-state index in [0.29, 0.717) is 23.6 Å². The van der Waals surface area contributed by atoms with E-state index in [4.69, 9.17) is 0 Å². The lowest BCUT2D eigenvalue weighted by Crippen LogP contribution is -2.28. The summed E-state index contributed by atoms with van der Waals surface area (Å²) >= 11 is 3.40. The van der Waals surface area contributed by atoms with Crippen LogP contribution in [-0.4, -0.2) is 21.3 Å². The number of rotatable bonds is 5. The fourth-order valence-corrected chi connectivity index (χ4v) is 3.43. The van der Waals surface area contributed by atoms with Crippen molar-refractivity contribution in [3.8, 4) is 0 Å². The number of aromatic nitrogens is 2. The van der Waals surface area contributed by atoms with Crippen molar-refractivity contribution in [3.63, 3.8) is 0 Å². The van der Waals surface area contributed by atoms with E-state index in [2.05, 4.69) is 36.9 Å². The van der Waals surface area contributed by atoms with Crippen LogP contribution in [0.1, 0.15) is 21.6 Å². The number of nitrogens with one attached hydrogen (secondary N) is 3. The predicted octanol–water partition coefficient (Wildman–Crippen LogP) is 4.98. The molecule has 8 heteroatoms. The number of hydrogen-bond acceptors (Lipinski definition) is 3. The van der Waals surface area contributed by atoms with Crippen LogP contribution in [-0.2, 0) is 6.54 Å². The number of hydrogen-bond donors (Lipinski definition) is 3. The van der Waals surface area contributed by atoms with E-state index in [9.17, 15) is 9.59 Å². The number of imidazole rings is 1. The highest BCUT2D eigenvalue weighted by atomic mass is 79.9. The number of nitrogens with zero attached hydrogens (tertiary/aromatic N) is 2. The van der Waals surface area contributed by atoms with Crippen molar-refractivity contribution >= 4 is 44.9 Å². The van der Waals surface area contributed by atoms with Crippen molar-refractivity contribution in [1.82, 2.24) is 14.7 Å². The monoisotopic (exact) mass is 477 g/mol. The number of anilines is 2. The molecule has 0 saturated carbocycles. The fraction of sp³-hybridized carbons (Fsp3) is 0.0870. The minimum absolute atomic E-state index is 0.259. The number of para-hydroxylation sites is 1. The summed E-state index contributed by atoms with van der Waals surface area (Å²) in [6.45, 7) is 2.24. The third-order valence-corrected chi connectivity index (χ3v) is 5.24. The maximum atomic E-state index is 12.8. The Bertz CT molecular complexity index is 1250. The van der Waals surface area contributed by atoms with E-state index >= 15 is 0 Å². The molecule has 0 unspecified atom stereocenters. The van der Waals surface area contributed by atoms with Crippen molar-refractivity contribution in [2.45, 2.75) is 13.5 Å². The summed E-state index contributed by atoms with van der Waals surface area (Å²) in [7, 11) is 0. The Kier molecular flexibility index (Phi) is 5.99. The summed E-state index contributed by atoms with van der Waals surface area (Å²) in [5, 5.41) is 8.55. The molecule has 2 aromatic carbocycles. The van der Waals surface area contributed by atoms with E-state index in [-0.39, 0.29) is 11.9 Å². The van der Waals surface area contributed by atoms with Gasteiger partial charge >= 0.3 is 6.03 Å². The smallest absolute Gasteiger partial charge is 0.319 e. The summed E-state index contributed by atoms with van der Waals surface area (Å²) in [5.41, 5.74) is 4.30. The Morgan fingerprint density at radius 1 is 1.03 bits per heavy atom. The van der Waals surface area contributed by atoms with Crippen LogP contribution >= 0.6 is 15.9 Å². The molecule has 3 amide bonds. The maximum Gasteiger partial charge on any atom is 0.319 e. The van der Waals surface area contributed by atoms with E-state index in [1.807, 2.05) is 67.6 Å². The van der Waals surface area contributed by atoms with Crippen LogP contribution < -0.4 is 16.0 Å². The molecule has 0 aliphatic carbocycles. The van der Waals surface area contributed by atoms with Gasteiger partial charge in [-0.3, -0.25) is 9.20 Å². The number of carbonyl (C=O) groups excluding carboxylic acids is 2. The molecule has 0 radical (unpaired) electrons. The average molecular weight is 478 g/mol. The first-order chi connectivity index (χ1) is 15.0. The van der Waals surface area contributed by atoms with Crippen LogP contribution in [0.2, 0.25) is 0 Å². The molecular weight excluding hydrogens is 458 g/mol. The highest BCUT2D eigenvalue weighted by Crippen LogP contribution is 2.19. The van der Waals surface area contributed by atoms with Gasteiger partial charge in [0.05, 0.1) is 6.20 Å². The normalized spacial score (nSPS) is 10.6. The van der Waals surface area contributed by atoms with Gasteiger partial charge < -0.3 is 16.0 Å². The van der Waals surface area contributed by atoms with E-state index in [1.165, 1.54) is 0 Å². The number of halogens is 1. The van der Waals surface area contributed by atoms with Gasteiger partial charge in [0.15, 0.2) is 0 Å². The molecule has 0 bridgehead atoms. The van der Waals surface area contributed by atoms with Gasteiger partial charge in [0.25, 0.3) is 5.91 Å². The molecule has 0 saturated heterocycles. The Hall–Kier alpha value is -3.65. The van der Waals surface area contributed by atoms with E-state index in [1.54, 1.807) is 16.8 Å². The first-order valence-electron chi connectivity index (χ1n) is 9.63. The number of fused-ring (bicyclic) bond motifs is 1. The SMILES string of the molecule is Cc1ccc(CNC(=O)Nc2ccccc2)cc1NC(=O)c1cnc2cc(Br)ccn12. The Labute approximate surface area is 187 Å². The fourth-order valence-electron chi connectivity index (χ4n) is 3.10. The lowest BCUT2D eigenvalue weighted by atomic mass is 10.1. The molecule has 0 atom stereocenters. The van der Waals surface area contributed by atoms with Gasteiger partial charge in [-0.15, -0.1) is 0 Å². The largest absolute Gasteiger partial charge is 0.334 e. The third-order valence-electron chi connectivity index (χ3n) is 4.74. The number of amides is 3. The Balaban J connectivity index is 1.43. The number of urea groups is 1. The summed E-state index contributed by atoms with van der Waals surface area (Å²) in [6, 6.07) is 18.3. The van der Waals surface area contributed by atoms with Gasteiger partial charge in [0.2, 0.25) is 0 Å². The van der Waals surface area contributed by atoms with E-state index in [0.717, 1.165) is 21.3 Å². The Morgan fingerprint density at radius 3 is 2.65 bits per heavy atom. The molecule has 0 fully saturated rings. The summed E-state index contributed by atoms with van der Waals surface area (Å²) < 4.78 is 2.62. The molecule has 2 heterocycles. The number of benzene rings is 2. The highest BCUT2D eigenvalue weighted by Gasteiger charge is 2.14. The first-order valence-corrected chi connectivity index (χ1v) is 10.4. The predicted molar refractivity (Wildman–Crippen MR) is 124 cm³/mol. The molecule has 0 aliphatic heterocycles. The topological polar surface area (TPSA) is 87.5 Å². The van der Waals surface area contributed by atoms with Gasteiger partial charge in [-0.05, 0) is 48.4 Å². The van der Waals surface area contributed by atoms with Gasteiger partial charge in [-0.1, -0.05) is 46.3 Å². The number of carbonyl (C=O) groups is 2. The maximum absolute atomic E-state index is 12.8. The zero-order valence-electron chi connectivity index (χ0n) is 16.7. The first kappa shape index (κ1) is 20.6. The van der Waals surface area contributed by atoms with Crippen molar-refractivity contribution in [2.24, 2.45) is 0 Å². The number of aryl methyl sites for hydroxylation is 1. The highest BCUT2D eigenvalue weighted by molar-refractivity contribution is 9.10.